The number of hydrogen-bond acceptors (Lipinski definition) is 3. The van der Waals surface area contributed by atoms with E-state index < -0.39 is 4.92 Å². The van der Waals surface area contributed by atoms with Gasteiger partial charge in [0.2, 0.25) is 0 Å². The van der Waals surface area contributed by atoms with Crippen molar-refractivity contribution in [1.29, 1.82) is 0 Å². The first-order valence-corrected chi connectivity index (χ1v) is 4.16. The third kappa shape index (κ3) is 1.94. The summed E-state index contributed by atoms with van der Waals surface area (Å²) in [4.78, 5) is 10.7. The minimum atomic E-state index is -0.420. The molecule has 0 N–H and O–H groups in total. The van der Waals surface area contributed by atoms with Gasteiger partial charge in [0.05, 0.1) is 4.92 Å². The monoisotopic (exact) mass is 168 g/mol. The molecule has 0 fully saturated rings. The lowest BCUT2D eigenvalue weighted by molar-refractivity contribution is -0.385. The average Bonchev–Trinajstić information content (AvgIpc) is 2.05. The van der Waals surface area contributed by atoms with Crippen molar-refractivity contribution in [2.24, 2.45) is 0 Å². The normalized spacial score (nSPS) is 9.55. The van der Waals surface area contributed by atoms with E-state index in [9.17, 15) is 10.1 Å². The zero-order valence-electron chi connectivity index (χ0n) is 5.90. The van der Waals surface area contributed by atoms with Crippen LogP contribution in [0.15, 0.2) is 23.1 Å². The Hall–Kier alpha value is -1.03. The molecular formula is C7H6NO2S. The maximum Gasteiger partial charge on any atom is 0.271 e. The summed E-state index contributed by atoms with van der Waals surface area (Å²) in [7, 11) is 0. The molecule has 3 nitrogen and oxygen atoms in total. The maximum absolute atomic E-state index is 10.2. The highest BCUT2D eigenvalue weighted by Crippen LogP contribution is 2.19. The Labute approximate surface area is 68.6 Å². The fourth-order valence-corrected chi connectivity index (χ4v) is 1.09. The minimum absolute atomic E-state index is 0.0943. The van der Waals surface area contributed by atoms with Crippen molar-refractivity contribution in [2.75, 3.05) is 6.26 Å². The molecule has 11 heavy (non-hydrogen) atoms. The predicted molar refractivity (Wildman–Crippen MR) is 43.7 cm³/mol. The van der Waals surface area contributed by atoms with E-state index in [0.717, 1.165) is 4.90 Å². The number of rotatable bonds is 2. The molecule has 1 rings (SSSR count). The third-order valence-corrected chi connectivity index (χ3v) is 1.90. The van der Waals surface area contributed by atoms with Gasteiger partial charge in [0.1, 0.15) is 0 Å². The van der Waals surface area contributed by atoms with Gasteiger partial charge in [0.25, 0.3) is 5.69 Å². The fourth-order valence-electron chi connectivity index (χ4n) is 0.662. The fraction of sp³-hybridized carbons (Fsp3) is 0.143. The Kier molecular flexibility index (Phi) is 2.48. The topological polar surface area (TPSA) is 43.1 Å². The van der Waals surface area contributed by atoms with Gasteiger partial charge in [-0.1, -0.05) is 0 Å². The summed E-state index contributed by atoms with van der Waals surface area (Å²) in [5, 5.41) is 10.2. The molecule has 0 amide bonds. The number of nitro benzene ring substituents is 1. The van der Waals surface area contributed by atoms with Gasteiger partial charge >= 0.3 is 0 Å². The smallest absolute Gasteiger partial charge is 0.258 e. The van der Waals surface area contributed by atoms with Crippen LogP contribution in [-0.2, 0) is 0 Å². The number of benzene rings is 1. The van der Waals surface area contributed by atoms with Gasteiger partial charge in [-0.2, -0.15) is 0 Å². The van der Waals surface area contributed by atoms with Crippen LogP contribution in [0.4, 0.5) is 5.69 Å². The summed E-state index contributed by atoms with van der Waals surface area (Å²) in [6, 6.07) is 7.31. The molecule has 0 saturated carbocycles. The second-order valence-corrected chi connectivity index (χ2v) is 2.77. The second kappa shape index (κ2) is 3.39. The first kappa shape index (κ1) is 8.07. The lowest BCUT2D eigenvalue weighted by Crippen LogP contribution is -1.86. The molecule has 0 heterocycles. The molecule has 0 aliphatic carbocycles. The van der Waals surface area contributed by atoms with Crippen molar-refractivity contribution >= 4 is 17.4 Å². The molecule has 4 heteroatoms. The van der Waals surface area contributed by atoms with Gasteiger partial charge in [-0.15, -0.1) is 11.8 Å². The zero-order chi connectivity index (χ0) is 8.27. The SMILES string of the molecule is CSc1c[c]cc([N+](=O)[O-])c1. The third-order valence-electron chi connectivity index (χ3n) is 1.19. The second-order valence-electron chi connectivity index (χ2n) is 1.89. The average molecular weight is 168 g/mol. The van der Waals surface area contributed by atoms with Gasteiger partial charge in [0, 0.05) is 17.0 Å². The van der Waals surface area contributed by atoms with Crippen molar-refractivity contribution in [3.8, 4) is 0 Å². The Morgan fingerprint density at radius 3 is 2.91 bits per heavy atom. The number of nitro groups is 1. The lowest BCUT2D eigenvalue weighted by Gasteiger charge is -1.93. The Morgan fingerprint density at radius 1 is 1.64 bits per heavy atom. The molecule has 1 aromatic rings. The highest BCUT2D eigenvalue weighted by Gasteiger charge is 2.03. The van der Waals surface area contributed by atoms with Crippen LogP contribution in [0, 0.1) is 16.2 Å². The molecule has 0 atom stereocenters. The van der Waals surface area contributed by atoms with Crippen LogP contribution in [0.2, 0.25) is 0 Å². The number of non-ortho nitro benzene ring substituents is 1. The summed E-state index contributed by atoms with van der Waals surface area (Å²) < 4.78 is 0. The van der Waals surface area contributed by atoms with Crippen LogP contribution in [0.5, 0.6) is 0 Å². The molecule has 0 spiro atoms. The summed E-state index contributed by atoms with van der Waals surface area (Å²) in [6.07, 6.45) is 1.87. The van der Waals surface area contributed by atoms with E-state index in [1.54, 1.807) is 6.07 Å². The van der Waals surface area contributed by atoms with E-state index in [1.807, 2.05) is 6.26 Å². The first-order valence-electron chi connectivity index (χ1n) is 2.93. The number of nitrogens with zero attached hydrogens (tertiary/aromatic N) is 1. The number of hydrogen-bond donors (Lipinski definition) is 0. The molecule has 0 aliphatic heterocycles. The molecule has 1 aromatic carbocycles. The highest BCUT2D eigenvalue weighted by molar-refractivity contribution is 7.98. The van der Waals surface area contributed by atoms with E-state index in [-0.39, 0.29) is 5.69 Å². The standard InChI is InChI=1S/C7H6NO2S/c1-11-7-4-2-3-6(5-7)8(9)10/h3-5H,1H3. The van der Waals surface area contributed by atoms with Gasteiger partial charge in [0.15, 0.2) is 0 Å². The van der Waals surface area contributed by atoms with Crippen LogP contribution >= 0.6 is 11.8 Å². The van der Waals surface area contributed by atoms with Crippen molar-refractivity contribution in [3.63, 3.8) is 0 Å². The predicted octanol–water partition coefficient (Wildman–Crippen LogP) is 2.12. The lowest BCUT2D eigenvalue weighted by atomic mass is 10.3. The Morgan fingerprint density at radius 2 is 2.36 bits per heavy atom. The van der Waals surface area contributed by atoms with Crippen LogP contribution < -0.4 is 0 Å². The van der Waals surface area contributed by atoms with Crippen molar-refractivity contribution in [3.05, 3.63) is 34.4 Å². The zero-order valence-corrected chi connectivity index (χ0v) is 6.72. The van der Waals surface area contributed by atoms with Gasteiger partial charge in [-0.05, 0) is 18.4 Å². The number of thioether (sulfide) groups is 1. The molecule has 0 aliphatic rings. The Balaban J connectivity index is 3.01. The largest absolute Gasteiger partial charge is 0.271 e. The molecule has 0 saturated heterocycles. The molecular weight excluding hydrogens is 162 g/mol. The van der Waals surface area contributed by atoms with Crippen molar-refractivity contribution < 1.29 is 4.92 Å². The van der Waals surface area contributed by atoms with E-state index in [2.05, 4.69) is 6.07 Å². The Bertz CT molecular complexity index is 275. The first-order chi connectivity index (χ1) is 5.24. The van der Waals surface area contributed by atoms with E-state index in [1.165, 1.54) is 23.9 Å². The van der Waals surface area contributed by atoms with Gasteiger partial charge in [-0.25, -0.2) is 0 Å². The van der Waals surface area contributed by atoms with E-state index >= 15 is 0 Å². The van der Waals surface area contributed by atoms with Crippen LogP contribution in [0.3, 0.4) is 0 Å². The maximum atomic E-state index is 10.2. The van der Waals surface area contributed by atoms with Crippen molar-refractivity contribution in [2.45, 2.75) is 4.90 Å². The molecule has 0 aromatic heterocycles. The molecule has 0 bridgehead atoms. The van der Waals surface area contributed by atoms with E-state index in [4.69, 9.17) is 0 Å². The quantitative estimate of drug-likeness (QED) is 0.386. The van der Waals surface area contributed by atoms with Gasteiger partial charge in [-0.3, -0.25) is 10.1 Å². The molecule has 1 radical (unpaired) electrons. The van der Waals surface area contributed by atoms with Gasteiger partial charge < -0.3 is 0 Å². The van der Waals surface area contributed by atoms with Crippen molar-refractivity contribution in [1.82, 2.24) is 0 Å². The summed E-state index contributed by atoms with van der Waals surface area (Å²) in [5.41, 5.74) is 0.0943. The van der Waals surface area contributed by atoms with E-state index in [0.29, 0.717) is 0 Å². The summed E-state index contributed by atoms with van der Waals surface area (Å²) >= 11 is 1.46. The van der Waals surface area contributed by atoms with Crippen LogP contribution in [-0.4, -0.2) is 11.2 Å². The molecule has 57 valence electrons. The summed E-state index contributed by atoms with van der Waals surface area (Å²) in [5.74, 6) is 0. The summed E-state index contributed by atoms with van der Waals surface area (Å²) in [6.45, 7) is 0. The van der Waals surface area contributed by atoms with Crippen LogP contribution in [0.25, 0.3) is 0 Å². The minimum Gasteiger partial charge on any atom is -0.258 e. The highest BCUT2D eigenvalue weighted by atomic mass is 32.2. The van der Waals surface area contributed by atoms with Crippen LogP contribution in [0.1, 0.15) is 0 Å². The molecule has 0 unspecified atom stereocenters.